The number of hydrogen-bond donors (Lipinski definition) is 0. The van der Waals surface area contributed by atoms with E-state index in [1.165, 1.54) is 24.1 Å². The molecular weight excluding hydrogens is 534 g/mol. The van der Waals surface area contributed by atoms with Crippen LogP contribution in [0.25, 0.3) is 10.8 Å². The second-order valence-electron chi connectivity index (χ2n) is 12.6. The number of hydrogen-bond acceptors (Lipinski definition) is 7. The van der Waals surface area contributed by atoms with Gasteiger partial charge in [0.25, 0.3) is 5.56 Å². The molecule has 0 spiro atoms. The van der Waals surface area contributed by atoms with E-state index in [0.717, 1.165) is 67.7 Å². The number of aromatic nitrogens is 3. The minimum absolute atomic E-state index is 0.0248. The normalized spacial score (nSPS) is 21.2. The van der Waals surface area contributed by atoms with Gasteiger partial charge in [0.2, 0.25) is 0 Å². The molecule has 4 heterocycles. The predicted octanol–water partition coefficient (Wildman–Crippen LogP) is 5.11. The second-order valence-corrected chi connectivity index (χ2v) is 12.6. The van der Waals surface area contributed by atoms with E-state index >= 15 is 0 Å². The van der Waals surface area contributed by atoms with E-state index in [1.54, 1.807) is 6.20 Å². The van der Waals surface area contributed by atoms with E-state index in [0.29, 0.717) is 23.7 Å². The van der Waals surface area contributed by atoms with E-state index < -0.39 is 0 Å². The van der Waals surface area contributed by atoms with Crippen LogP contribution in [0.4, 0.5) is 11.5 Å². The van der Waals surface area contributed by atoms with Gasteiger partial charge in [-0.3, -0.25) is 4.79 Å². The van der Waals surface area contributed by atoms with Crippen molar-refractivity contribution < 1.29 is 0 Å². The summed E-state index contributed by atoms with van der Waals surface area (Å²) < 4.78 is 1.93. The van der Waals surface area contributed by atoms with Gasteiger partial charge in [-0.25, -0.2) is 9.97 Å². The lowest BCUT2D eigenvalue weighted by molar-refractivity contribution is 0.313. The highest BCUT2D eigenvalue weighted by molar-refractivity contribution is 5.82. The van der Waals surface area contributed by atoms with E-state index in [1.807, 2.05) is 16.8 Å². The van der Waals surface area contributed by atoms with Crippen molar-refractivity contribution in [3.05, 3.63) is 93.8 Å². The number of nitriles is 1. The number of pyridine rings is 1. The molecule has 0 unspecified atom stereocenters. The van der Waals surface area contributed by atoms with Gasteiger partial charge in [-0.1, -0.05) is 24.3 Å². The molecule has 0 N–H and O–H groups in total. The smallest absolute Gasteiger partial charge is 0.258 e. The molecule has 1 saturated carbocycles. The summed E-state index contributed by atoms with van der Waals surface area (Å²) >= 11 is 0. The Morgan fingerprint density at radius 3 is 2.51 bits per heavy atom. The van der Waals surface area contributed by atoms with Crippen molar-refractivity contribution in [2.45, 2.75) is 57.0 Å². The Labute approximate surface area is 253 Å². The third-order valence-electron chi connectivity index (χ3n) is 9.72. The summed E-state index contributed by atoms with van der Waals surface area (Å²) in [5.74, 6) is 1.43. The summed E-state index contributed by atoms with van der Waals surface area (Å²) in [5.41, 5.74) is 4.82. The molecule has 2 atom stereocenters. The first kappa shape index (κ1) is 27.6. The molecule has 3 fully saturated rings. The molecule has 0 radical (unpaired) electrons. The van der Waals surface area contributed by atoms with Crippen LogP contribution in [0.15, 0.2) is 65.7 Å². The lowest BCUT2D eigenvalue weighted by Crippen LogP contribution is -2.47. The first-order valence-corrected chi connectivity index (χ1v) is 15.7. The van der Waals surface area contributed by atoms with Gasteiger partial charge >= 0.3 is 0 Å². The maximum Gasteiger partial charge on any atom is 0.258 e. The highest BCUT2D eigenvalue weighted by Gasteiger charge is 2.32. The van der Waals surface area contributed by atoms with Crippen LogP contribution in [0.5, 0.6) is 0 Å². The average Bonchev–Trinajstić information content (AvgIpc) is 3.88. The number of anilines is 2. The number of nitrogens with zero attached hydrogens (tertiary/aromatic N) is 7. The molecule has 2 aromatic heterocycles. The van der Waals surface area contributed by atoms with Crippen LogP contribution in [0.2, 0.25) is 0 Å². The molecule has 2 aliphatic heterocycles. The van der Waals surface area contributed by atoms with Gasteiger partial charge in [0.05, 0.1) is 17.9 Å². The summed E-state index contributed by atoms with van der Waals surface area (Å²) in [4.78, 5) is 30.2. The van der Waals surface area contributed by atoms with E-state index in [9.17, 15) is 10.1 Å². The van der Waals surface area contributed by atoms with Gasteiger partial charge < -0.3 is 19.3 Å². The minimum Gasteiger partial charge on any atom is -0.369 e. The Kier molecular flexibility index (Phi) is 7.36. The fourth-order valence-electron chi connectivity index (χ4n) is 6.89. The molecule has 8 nitrogen and oxygen atoms in total. The van der Waals surface area contributed by atoms with Crippen LogP contribution < -0.4 is 15.4 Å². The van der Waals surface area contributed by atoms with Gasteiger partial charge in [0.1, 0.15) is 11.9 Å². The van der Waals surface area contributed by atoms with Crippen molar-refractivity contribution in [3.8, 4) is 6.07 Å². The van der Waals surface area contributed by atoms with Crippen LogP contribution in [0.1, 0.15) is 67.1 Å². The first-order chi connectivity index (χ1) is 21.0. The van der Waals surface area contributed by atoms with Crippen molar-refractivity contribution in [2.24, 2.45) is 0 Å². The lowest BCUT2D eigenvalue weighted by atomic mass is 9.96. The van der Waals surface area contributed by atoms with Crippen LogP contribution >= 0.6 is 0 Å². The van der Waals surface area contributed by atoms with Crippen molar-refractivity contribution in [1.82, 2.24) is 19.4 Å². The molecule has 0 amide bonds. The quantitative estimate of drug-likeness (QED) is 0.317. The number of benzene rings is 2. The molecular formula is C35H39N7O. The van der Waals surface area contributed by atoms with Crippen LogP contribution in [0.3, 0.4) is 0 Å². The van der Waals surface area contributed by atoms with Gasteiger partial charge in [-0.15, -0.1) is 0 Å². The highest BCUT2D eigenvalue weighted by atomic mass is 16.1. The molecule has 0 bridgehead atoms. The van der Waals surface area contributed by atoms with Gasteiger partial charge in [-0.2, -0.15) is 5.26 Å². The Morgan fingerprint density at radius 2 is 1.77 bits per heavy atom. The Bertz CT molecular complexity index is 1730. The maximum atomic E-state index is 13.7. The van der Waals surface area contributed by atoms with Crippen molar-refractivity contribution in [3.63, 3.8) is 0 Å². The standard InChI is InChI=1S/C35H39N7O/c1-24-33(42-15-13-28-21-27(26-7-8-26)9-12-30(28)35(42)43)4-3-14-41(24)34-23-37-32(22-36)31(38-34)20-25-5-10-29(11-6-25)40-18-16-39(2)17-19-40/h5-6,9-13,15,21,23-24,26,33H,3-4,7-8,14,16-20H2,1-2H3/t24-,33-/m1/s1. The van der Waals surface area contributed by atoms with Crippen molar-refractivity contribution in [1.29, 1.82) is 5.26 Å². The van der Waals surface area contributed by atoms with E-state index in [-0.39, 0.29) is 17.6 Å². The maximum absolute atomic E-state index is 13.7. The Hall–Kier alpha value is -4.22. The minimum atomic E-state index is 0.0248. The SMILES string of the molecule is C[C@@H]1[C@H](n2ccc3cc(C4CC4)ccc3c2=O)CCCN1c1cnc(C#N)c(Cc2ccc(N3CCN(C)CC3)cc2)n1. The van der Waals surface area contributed by atoms with Crippen molar-refractivity contribution in [2.75, 3.05) is 49.6 Å². The molecule has 220 valence electrons. The fourth-order valence-corrected chi connectivity index (χ4v) is 6.89. The molecule has 1 aliphatic carbocycles. The second kappa shape index (κ2) is 11.5. The summed E-state index contributed by atoms with van der Waals surface area (Å²) in [6, 6.07) is 19.4. The molecule has 43 heavy (non-hydrogen) atoms. The first-order valence-electron chi connectivity index (χ1n) is 15.7. The summed E-state index contributed by atoms with van der Waals surface area (Å²) in [6.07, 6.45) is 8.63. The largest absolute Gasteiger partial charge is 0.369 e. The predicted molar refractivity (Wildman–Crippen MR) is 171 cm³/mol. The van der Waals surface area contributed by atoms with Crippen molar-refractivity contribution >= 4 is 22.3 Å². The third kappa shape index (κ3) is 5.50. The van der Waals surface area contributed by atoms with Crippen LogP contribution in [-0.2, 0) is 6.42 Å². The van der Waals surface area contributed by atoms with Gasteiger partial charge in [0.15, 0.2) is 5.69 Å². The van der Waals surface area contributed by atoms with Crippen LogP contribution in [0, 0.1) is 11.3 Å². The molecule has 2 aromatic carbocycles. The molecule has 7 rings (SSSR count). The van der Waals surface area contributed by atoms with E-state index in [4.69, 9.17) is 4.98 Å². The fraction of sp³-hybridized carbons (Fsp3) is 0.429. The number of fused-ring (bicyclic) bond motifs is 1. The number of piperazine rings is 1. The average molecular weight is 574 g/mol. The van der Waals surface area contributed by atoms with E-state index in [2.05, 4.69) is 82.2 Å². The summed E-state index contributed by atoms with van der Waals surface area (Å²) in [5, 5.41) is 11.6. The lowest BCUT2D eigenvalue weighted by Gasteiger charge is -2.41. The molecule has 4 aromatic rings. The number of likely N-dealkylation sites (N-methyl/N-ethyl adjacent to an activating group) is 1. The number of rotatable bonds is 6. The van der Waals surface area contributed by atoms with Gasteiger partial charge in [-0.05, 0) is 86.4 Å². The third-order valence-corrected chi connectivity index (χ3v) is 9.72. The zero-order valence-electron chi connectivity index (χ0n) is 25.1. The van der Waals surface area contributed by atoms with Crippen LogP contribution in [-0.4, -0.2) is 65.2 Å². The topological polar surface area (TPSA) is 81.3 Å². The Morgan fingerprint density at radius 1 is 0.977 bits per heavy atom. The molecule has 3 aliphatic rings. The summed E-state index contributed by atoms with van der Waals surface area (Å²) in [6.45, 7) is 7.22. The highest BCUT2D eigenvalue weighted by Crippen LogP contribution is 2.40. The zero-order valence-corrected chi connectivity index (χ0v) is 25.1. The van der Waals surface area contributed by atoms with Gasteiger partial charge in [0, 0.05) is 62.5 Å². The zero-order chi connectivity index (χ0) is 29.5. The molecule has 2 saturated heterocycles. The monoisotopic (exact) mass is 573 g/mol. The number of piperidine rings is 1. The Balaban J connectivity index is 1.11. The molecule has 8 heteroatoms. The summed E-state index contributed by atoms with van der Waals surface area (Å²) in [7, 11) is 2.17.